The van der Waals surface area contributed by atoms with Gasteiger partial charge in [0, 0.05) is 18.0 Å². The van der Waals surface area contributed by atoms with Crippen molar-refractivity contribution in [1.82, 2.24) is 24.6 Å². The largest absolute Gasteiger partial charge is 0.340 e. The predicted molar refractivity (Wildman–Crippen MR) is 108 cm³/mol. The fourth-order valence-corrected chi connectivity index (χ4v) is 3.87. The quantitative estimate of drug-likeness (QED) is 0.604. The van der Waals surface area contributed by atoms with Crippen molar-refractivity contribution < 1.29 is 4.79 Å². The van der Waals surface area contributed by atoms with E-state index in [1.165, 1.54) is 17.7 Å². The number of hydrogen-bond acceptors (Lipinski definition) is 5. The molecular weight excluding hydrogens is 382 g/mol. The number of carbonyl (C=O) groups excluding carboxylic acids is 1. The average Bonchev–Trinajstić information content (AvgIpc) is 3.33. The van der Waals surface area contributed by atoms with E-state index in [1.807, 2.05) is 43.3 Å². The van der Waals surface area contributed by atoms with Crippen LogP contribution in [0.25, 0.3) is 5.69 Å². The Balaban J connectivity index is 1.57. The van der Waals surface area contributed by atoms with E-state index in [9.17, 15) is 4.79 Å². The number of benzene rings is 1. The average molecular weight is 404 g/mol. The highest BCUT2D eigenvalue weighted by atomic mass is 35.5. The molecule has 1 unspecified atom stereocenters. The molecule has 1 amide bonds. The van der Waals surface area contributed by atoms with Crippen LogP contribution in [0.5, 0.6) is 0 Å². The second-order valence-electron chi connectivity index (χ2n) is 6.48. The summed E-state index contributed by atoms with van der Waals surface area (Å²) in [7, 11) is 3.78. The molecule has 0 aliphatic carbocycles. The summed E-state index contributed by atoms with van der Waals surface area (Å²) in [6, 6.07) is 12.0. The molecule has 0 aliphatic heterocycles. The number of aromatic nitrogens is 3. The number of hydrogen-bond donors (Lipinski definition) is 0. The van der Waals surface area contributed by atoms with Crippen molar-refractivity contribution in [2.75, 3.05) is 20.6 Å². The molecule has 8 heteroatoms. The first-order valence-corrected chi connectivity index (χ1v) is 9.77. The van der Waals surface area contributed by atoms with Crippen molar-refractivity contribution in [3.05, 3.63) is 63.8 Å². The smallest absolute Gasteiger partial charge is 0.236 e. The summed E-state index contributed by atoms with van der Waals surface area (Å²) in [5.41, 5.74) is 2.10. The molecule has 142 valence electrons. The standard InChI is InChI=1S/C19H22ClN5OS/c1-14(15-4-6-16(7-5-15)25-13-21-12-22-25)23(2)11-19(26)24(3)10-17-8-9-18(20)27-17/h4-9,12-14H,10-11H2,1-3H3. The second kappa shape index (κ2) is 8.65. The second-order valence-corrected chi connectivity index (χ2v) is 8.28. The van der Waals surface area contributed by atoms with Crippen LogP contribution < -0.4 is 0 Å². The van der Waals surface area contributed by atoms with E-state index in [-0.39, 0.29) is 11.9 Å². The van der Waals surface area contributed by atoms with Gasteiger partial charge in [-0.05, 0) is 43.8 Å². The Labute approximate surface area is 168 Å². The van der Waals surface area contributed by atoms with Gasteiger partial charge in [0.05, 0.1) is 23.1 Å². The first-order valence-electron chi connectivity index (χ1n) is 8.57. The lowest BCUT2D eigenvalue weighted by atomic mass is 10.1. The molecule has 6 nitrogen and oxygen atoms in total. The molecule has 0 fully saturated rings. The summed E-state index contributed by atoms with van der Waals surface area (Å²) >= 11 is 7.46. The van der Waals surface area contributed by atoms with Crippen LogP contribution in [0.2, 0.25) is 4.34 Å². The minimum Gasteiger partial charge on any atom is -0.340 e. The topological polar surface area (TPSA) is 54.3 Å². The van der Waals surface area contributed by atoms with E-state index in [1.54, 1.807) is 15.9 Å². The van der Waals surface area contributed by atoms with Gasteiger partial charge in [0.1, 0.15) is 12.7 Å². The molecule has 1 atom stereocenters. The van der Waals surface area contributed by atoms with Gasteiger partial charge >= 0.3 is 0 Å². The van der Waals surface area contributed by atoms with E-state index >= 15 is 0 Å². The Morgan fingerprint density at radius 3 is 2.56 bits per heavy atom. The summed E-state index contributed by atoms with van der Waals surface area (Å²) < 4.78 is 2.46. The number of carbonyl (C=O) groups is 1. The van der Waals surface area contributed by atoms with E-state index in [0.29, 0.717) is 13.1 Å². The van der Waals surface area contributed by atoms with Crippen LogP contribution in [0, 0.1) is 0 Å². The highest BCUT2D eigenvalue weighted by molar-refractivity contribution is 7.16. The Kier molecular flexibility index (Phi) is 6.26. The van der Waals surface area contributed by atoms with Crippen LogP contribution in [-0.4, -0.2) is 51.1 Å². The highest BCUT2D eigenvalue weighted by Gasteiger charge is 2.18. The summed E-state index contributed by atoms with van der Waals surface area (Å²) in [5.74, 6) is 0.0770. The molecule has 0 aliphatic rings. The van der Waals surface area contributed by atoms with Gasteiger partial charge in [0.15, 0.2) is 0 Å². The Bertz CT molecular complexity index is 878. The molecule has 3 rings (SSSR count). The lowest BCUT2D eigenvalue weighted by Crippen LogP contribution is -2.37. The minimum absolute atomic E-state index is 0.0770. The van der Waals surface area contributed by atoms with Gasteiger partial charge in [0.25, 0.3) is 0 Å². The van der Waals surface area contributed by atoms with Crippen molar-refractivity contribution in [1.29, 1.82) is 0 Å². The molecule has 0 radical (unpaired) electrons. The predicted octanol–water partition coefficient (Wildman–Crippen LogP) is 3.63. The molecule has 2 aromatic heterocycles. The van der Waals surface area contributed by atoms with Crippen molar-refractivity contribution in [3.63, 3.8) is 0 Å². The summed E-state index contributed by atoms with van der Waals surface area (Å²) in [4.78, 5) is 21.4. The molecular formula is C19H22ClN5OS. The third-order valence-electron chi connectivity index (χ3n) is 4.55. The van der Waals surface area contributed by atoms with E-state index in [2.05, 4.69) is 29.1 Å². The van der Waals surface area contributed by atoms with Crippen molar-refractivity contribution >= 4 is 28.8 Å². The number of nitrogens with zero attached hydrogens (tertiary/aromatic N) is 5. The molecule has 0 bridgehead atoms. The third-order valence-corrected chi connectivity index (χ3v) is 5.77. The van der Waals surface area contributed by atoms with E-state index < -0.39 is 0 Å². The van der Waals surface area contributed by atoms with Gasteiger partial charge in [-0.3, -0.25) is 9.69 Å². The van der Waals surface area contributed by atoms with Gasteiger partial charge in [-0.15, -0.1) is 11.3 Å². The van der Waals surface area contributed by atoms with Crippen LogP contribution in [0.1, 0.15) is 23.4 Å². The molecule has 2 heterocycles. The van der Waals surface area contributed by atoms with Crippen LogP contribution >= 0.6 is 22.9 Å². The minimum atomic E-state index is 0.0770. The molecule has 0 saturated heterocycles. The number of likely N-dealkylation sites (N-methyl/N-ethyl adjacent to an activating group) is 2. The normalized spacial score (nSPS) is 12.3. The Morgan fingerprint density at radius 1 is 1.22 bits per heavy atom. The molecule has 1 aromatic carbocycles. The fourth-order valence-electron chi connectivity index (χ4n) is 2.73. The van der Waals surface area contributed by atoms with Gasteiger partial charge in [-0.25, -0.2) is 9.67 Å². The third kappa shape index (κ3) is 4.94. The van der Waals surface area contributed by atoms with Crippen LogP contribution in [-0.2, 0) is 11.3 Å². The maximum Gasteiger partial charge on any atom is 0.236 e. The van der Waals surface area contributed by atoms with Gasteiger partial charge in [-0.2, -0.15) is 5.10 Å². The molecule has 0 spiro atoms. The fraction of sp³-hybridized carbons (Fsp3) is 0.316. The van der Waals surface area contributed by atoms with E-state index in [4.69, 9.17) is 11.6 Å². The summed E-state index contributed by atoms with van der Waals surface area (Å²) in [5, 5.41) is 4.13. The van der Waals surface area contributed by atoms with Crippen molar-refractivity contribution in [2.24, 2.45) is 0 Å². The first kappa shape index (κ1) is 19.5. The Hall–Kier alpha value is -2.22. The number of thiophene rings is 1. The first-order chi connectivity index (χ1) is 12.9. The lowest BCUT2D eigenvalue weighted by molar-refractivity contribution is -0.131. The van der Waals surface area contributed by atoms with Crippen molar-refractivity contribution in [3.8, 4) is 5.69 Å². The van der Waals surface area contributed by atoms with Gasteiger partial charge in [0.2, 0.25) is 5.91 Å². The van der Waals surface area contributed by atoms with Gasteiger partial charge in [-0.1, -0.05) is 23.7 Å². The van der Waals surface area contributed by atoms with Crippen LogP contribution in [0.4, 0.5) is 0 Å². The summed E-state index contributed by atoms with van der Waals surface area (Å²) in [6.45, 7) is 3.02. The van der Waals surface area contributed by atoms with Gasteiger partial charge < -0.3 is 4.90 Å². The monoisotopic (exact) mass is 403 g/mol. The zero-order chi connectivity index (χ0) is 19.4. The zero-order valence-corrected chi connectivity index (χ0v) is 17.1. The van der Waals surface area contributed by atoms with Crippen LogP contribution in [0.3, 0.4) is 0 Å². The lowest BCUT2D eigenvalue weighted by Gasteiger charge is -2.27. The molecule has 0 N–H and O–H groups in total. The van der Waals surface area contributed by atoms with Crippen LogP contribution in [0.15, 0.2) is 49.1 Å². The number of amides is 1. The van der Waals surface area contributed by atoms with E-state index in [0.717, 1.165) is 20.5 Å². The number of halogens is 1. The maximum absolute atomic E-state index is 12.5. The highest BCUT2D eigenvalue weighted by Crippen LogP contribution is 2.23. The molecule has 3 aromatic rings. The van der Waals surface area contributed by atoms with Crippen molar-refractivity contribution in [2.45, 2.75) is 19.5 Å². The molecule has 0 saturated carbocycles. The SMILES string of the molecule is CC(c1ccc(-n2cncn2)cc1)N(C)CC(=O)N(C)Cc1ccc(Cl)s1. The summed E-state index contributed by atoms with van der Waals surface area (Å²) in [6.07, 6.45) is 3.18. The maximum atomic E-state index is 12.5. The molecule has 27 heavy (non-hydrogen) atoms. The number of rotatable bonds is 7. The Morgan fingerprint density at radius 2 is 1.96 bits per heavy atom. The zero-order valence-electron chi connectivity index (χ0n) is 15.5.